The Kier molecular flexibility index (Phi) is 4.01. The van der Waals surface area contributed by atoms with Crippen molar-refractivity contribution in [2.45, 2.75) is 38.5 Å². The van der Waals surface area contributed by atoms with Gasteiger partial charge in [0.1, 0.15) is 5.75 Å². The number of benzene rings is 1. The van der Waals surface area contributed by atoms with Crippen LogP contribution in [0.5, 0.6) is 5.75 Å². The van der Waals surface area contributed by atoms with Gasteiger partial charge in [0.2, 0.25) is 5.91 Å². The molecule has 3 rings (SSSR count). The second-order valence-corrected chi connectivity index (χ2v) is 6.56. The quantitative estimate of drug-likeness (QED) is 0.846. The maximum absolute atomic E-state index is 11.4. The molecule has 2 aliphatic rings. The van der Waals surface area contributed by atoms with Crippen molar-refractivity contribution in [1.82, 2.24) is 0 Å². The van der Waals surface area contributed by atoms with Crippen LogP contribution in [0.15, 0.2) is 18.2 Å². The highest BCUT2D eigenvalue weighted by molar-refractivity contribution is 9.09. The maximum atomic E-state index is 11.4. The molecular weight excluding hydrogens is 318 g/mol. The standard InChI is InChI=1S/C16H20BrNO2/c17-10-16(7-1-2-8-16)11-20-13-5-3-12-4-6-15(19)18-14(12)9-13/h3,5,9H,1-2,4,6-8,10-11H2,(H,18,19). The fraction of sp³-hybridized carbons (Fsp3) is 0.562. The Labute approximate surface area is 128 Å². The van der Waals surface area contributed by atoms with Gasteiger partial charge in [-0.25, -0.2) is 0 Å². The van der Waals surface area contributed by atoms with Crippen LogP contribution in [-0.2, 0) is 11.2 Å². The summed E-state index contributed by atoms with van der Waals surface area (Å²) in [6.45, 7) is 0.755. The van der Waals surface area contributed by atoms with E-state index in [1.165, 1.54) is 31.2 Å². The summed E-state index contributed by atoms with van der Waals surface area (Å²) in [4.78, 5) is 11.4. The van der Waals surface area contributed by atoms with Crippen molar-refractivity contribution < 1.29 is 9.53 Å². The first kappa shape index (κ1) is 13.9. The van der Waals surface area contributed by atoms with Crippen LogP contribution in [0, 0.1) is 5.41 Å². The van der Waals surface area contributed by atoms with E-state index in [0.29, 0.717) is 11.8 Å². The van der Waals surface area contributed by atoms with Crippen molar-refractivity contribution >= 4 is 27.5 Å². The number of carbonyl (C=O) groups is 1. The molecule has 20 heavy (non-hydrogen) atoms. The number of alkyl halides is 1. The zero-order chi connectivity index (χ0) is 14.0. The van der Waals surface area contributed by atoms with E-state index in [-0.39, 0.29) is 5.91 Å². The van der Waals surface area contributed by atoms with Gasteiger partial charge in [-0.3, -0.25) is 4.79 Å². The Bertz CT molecular complexity index is 509. The highest BCUT2D eigenvalue weighted by Crippen LogP contribution is 2.40. The number of carbonyl (C=O) groups excluding carboxylic acids is 1. The van der Waals surface area contributed by atoms with Crippen molar-refractivity contribution in [2.24, 2.45) is 5.41 Å². The fourth-order valence-corrected chi connectivity index (χ4v) is 3.84. The molecule has 1 aromatic carbocycles. The topological polar surface area (TPSA) is 38.3 Å². The van der Waals surface area contributed by atoms with Gasteiger partial charge in [-0.15, -0.1) is 0 Å². The molecule has 0 saturated heterocycles. The van der Waals surface area contributed by atoms with Crippen LogP contribution >= 0.6 is 15.9 Å². The second-order valence-electron chi connectivity index (χ2n) is 6.00. The molecule has 1 aliphatic carbocycles. The number of ether oxygens (including phenoxy) is 1. The zero-order valence-electron chi connectivity index (χ0n) is 11.6. The average Bonchev–Trinajstić information content (AvgIpc) is 2.94. The minimum Gasteiger partial charge on any atom is -0.493 e. The third kappa shape index (κ3) is 2.85. The molecule has 108 valence electrons. The number of fused-ring (bicyclic) bond motifs is 1. The number of hydrogen-bond acceptors (Lipinski definition) is 2. The molecule has 1 amide bonds. The van der Waals surface area contributed by atoms with Crippen molar-refractivity contribution in [2.75, 3.05) is 17.3 Å². The van der Waals surface area contributed by atoms with Crippen LogP contribution in [0.4, 0.5) is 5.69 Å². The summed E-state index contributed by atoms with van der Waals surface area (Å²) < 4.78 is 6.00. The van der Waals surface area contributed by atoms with Crippen molar-refractivity contribution in [3.8, 4) is 5.75 Å². The lowest BCUT2D eigenvalue weighted by atomic mass is 9.90. The average molecular weight is 338 g/mol. The summed E-state index contributed by atoms with van der Waals surface area (Å²) in [7, 11) is 0. The highest BCUT2D eigenvalue weighted by atomic mass is 79.9. The predicted molar refractivity (Wildman–Crippen MR) is 83.6 cm³/mol. The molecule has 0 atom stereocenters. The molecule has 4 heteroatoms. The highest BCUT2D eigenvalue weighted by Gasteiger charge is 2.33. The smallest absolute Gasteiger partial charge is 0.224 e. The molecular formula is C16H20BrNO2. The SMILES string of the molecule is O=C1CCc2ccc(OCC3(CBr)CCCC3)cc2N1. The summed E-state index contributed by atoms with van der Waals surface area (Å²) in [6.07, 6.45) is 6.48. The Hall–Kier alpha value is -1.03. The van der Waals surface area contributed by atoms with Crippen LogP contribution in [0.1, 0.15) is 37.7 Å². The van der Waals surface area contributed by atoms with Gasteiger partial charge in [-0.05, 0) is 30.9 Å². The van der Waals surface area contributed by atoms with Gasteiger partial charge in [-0.1, -0.05) is 34.8 Å². The van der Waals surface area contributed by atoms with Gasteiger partial charge in [0.25, 0.3) is 0 Å². The van der Waals surface area contributed by atoms with E-state index >= 15 is 0 Å². The number of halogens is 1. The molecule has 0 spiro atoms. The Morgan fingerprint density at radius 1 is 1.25 bits per heavy atom. The zero-order valence-corrected chi connectivity index (χ0v) is 13.2. The fourth-order valence-electron chi connectivity index (χ4n) is 3.12. The van der Waals surface area contributed by atoms with Gasteiger partial charge in [-0.2, -0.15) is 0 Å². The molecule has 0 radical (unpaired) electrons. The number of anilines is 1. The molecule has 1 N–H and O–H groups in total. The number of nitrogens with one attached hydrogen (secondary N) is 1. The first-order valence-corrected chi connectivity index (χ1v) is 8.45. The monoisotopic (exact) mass is 337 g/mol. The van der Waals surface area contributed by atoms with Crippen molar-refractivity contribution in [3.63, 3.8) is 0 Å². The Morgan fingerprint density at radius 2 is 2.05 bits per heavy atom. The van der Waals surface area contributed by atoms with Gasteiger partial charge < -0.3 is 10.1 Å². The summed E-state index contributed by atoms with van der Waals surface area (Å²) >= 11 is 3.64. The lowest BCUT2D eigenvalue weighted by Gasteiger charge is -2.27. The van der Waals surface area contributed by atoms with E-state index in [2.05, 4.69) is 27.3 Å². The largest absolute Gasteiger partial charge is 0.493 e. The van der Waals surface area contributed by atoms with E-state index in [0.717, 1.165) is 29.8 Å². The van der Waals surface area contributed by atoms with E-state index in [9.17, 15) is 4.79 Å². The summed E-state index contributed by atoms with van der Waals surface area (Å²) in [5.41, 5.74) is 2.41. The van der Waals surface area contributed by atoms with E-state index < -0.39 is 0 Å². The predicted octanol–water partition coefficient (Wildman–Crippen LogP) is 3.91. The molecule has 1 heterocycles. The van der Waals surface area contributed by atoms with Crippen molar-refractivity contribution in [1.29, 1.82) is 0 Å². The first-order chi connectivity index (χ1) is 9.71. The lowest BCUT2D eigenvalue weighted by Crippen LogP contribution is -2.27. The molecule has 1 aliphatic heterocycles. The number of hydrogen-bond donors (Lipinski definition) is 1. The minimum atomic E-state index is 0.0994. The van der Waals surface area contributed by atoms with E-state index in [1.54, 1.807) is 0 Å². The normalized spacial score (nSPS) is 20.4. The van der Waals surface area contributed by atoms with Gasteiger partial charge in [0.05, 0.1) is 6.61 Å². The van der Waals surface area contributed by atoms with Crippen LogP contribution < -0.4 is 10.1 Å². The van der Waals surface area contributed by atoms with Gasteiger partial charge >= 0.3 is 0 Å². The van der Waals surface area contributed by atoms with Gasteiger partial charge in [0.15, 0.2) is 0 Å². The van der Waals surface area contributed by atoms with Gasteiger partial charge in [0, 0.05) is 28.9 Å². The third-order valence-electron chi connectivity index (χ3n) is 4.47. The number of aryl methyl sites for hydroxylation is 1. The third-order valence-corrected chi connectivity index (χ3v) is 5.66. The van der Waals surface area contributed by atoms with E-state index in [1.807, 2.05) is 12.1 Å². The van der Waals surface area contributed by atoms with Crippen LogP contribution in [0.2, 0.25) is 0 Å². The molecule has 0 unspecified atom stereocenters. The first-order valence-electron chi connectivity index (χ1n) is 7.32. The summed E-state index contributed by atoms with van der Waals surface area (Å²) in [6, 6.07) is 6.05. The number of amides is 1. The van der Waals surface area contributed by atoms with Crippen LogP contribution in [0.25, 0.3) is 0 Å². The molecule has 1 aromatic rings. The molecule has 0 aromatic heterocycles. The molecule has 3 nitrogen and oxygen atoms in total. The second kappa shape index (κ2) is 5.76. The minimum absolute atomic E-state index is 0.0994. The Balaban J connectivity index is 1.69. The van der Waals surface area contributed by atoms with Crippen LogP contribution in [0.3, 0.4) is 0 Å². The Morgan fingerprint density at radius 3 is 2.80 bits per heavy atom. The maximum Gasteiger partial charge on any atom is 0.224 e. The summed E-state index contributed by atoms with van der Waals surface area (Å²) in [5.74, 6) is 0.959. The van der Waals surface area contributed by atoms with Crippen LogP contribution in [-0.4, -0.2) is 17.8 Å². The molecule has 1 fully saturated rings. The number of rotatable bonds is 4. The van der Waals surface area contributed by atoms with Crippen molar-refractivity contribution in [3.05, 3.63) is 23.8 Å². The summed E-state index contributed by atoms with van der Waals surface area (Å²) in [5, 5.41) is 3.93. The molecule has 1 saturated carbocycles. The lowest BCUT2D eigenvalue weighted by molar-refractivity contribution is -0.116. The van der Waals surface area contributed by atoms with E-state index in [4.69, 9.17) is 4.74 Å². The molecule has 0 bridgehead atoms.